The van der Waals surface area contributed by atoms with Gasteiger partial charge in [0.15, 0.2) is 0 Å². The molecule has 4 nitrogen and oxygen atoms in total. The second-order valence-electron chi connectivity index (χ2n) is 7.91. The Morgan fingerprint density at radius 2 is 1.61 bits per heavy atom. The van der Waals surface area contributed by atoms with Crippen molar-refractivity contribution in [2.75, 3.05) is 6.61 Å². The van der Waals surface area contributed by atoms with Gasteiger partial charge in [0.1, 0.15) is 30.5 Å². The summed E-state index contributed by atoms with van der Waals surface area (Å²) >= 11 is 0. The normalized spacial score (nSPS) is 11.0. The third-order valence-electron chi connectivity index (χ3n) is 5.73. The van der Waals surface area contributed by atoms with E-state index in [1.807, 2.05) is 60.7 Å². The Kier molecular flexibility index (Phi) is 6.07. The molecule has 0 aliphatic carbocycles. The standard InChI is InChI=1S/C29H26N2O2/c1-2-9-23-11-5-8-15-28(23)33-21-29-30-26-13-6-7-14-27(26)31(29)18-19-32-25-17-16-22-10-3-4-12-24(22)20-25/h2-8,10-17,20H,1,9,18-19,21H2. The molecule has 164 valence electrons. The van der Waals surface area contributed by atoms with E-state index in [4.69, 9.17) is 14.5 Å². The molecular formula is C29H26N2O2. The second kappa shape index (κ2) is 9.61. The summed E-state index contributed by atoms with van der Waals surface area (Å²) in [4.78, 5) is 4.83. The van der Waals surface area contributed by atoms with Gasteiger partial charge >= 0.3 is 0 Å². The largest absolute Gasteiger partial charge is 0.492 e. The van der Waals surface area contributed by atoms with Gasteiger partial charge < -0.3 is 14.0 Å². The van der Waals surface area contributed by atoms with E-state index in [9.17, 15) is 0 Å². The number of nitrogens with zero attached hydrogens (tertiary/aromatic N) is 2. The van der Waals surface area contributed by atoms with Gasteiger partial charge in [-0.1, -0.05) is 66.7 Å². The fraction of sp³-hybridized carbons (Fsp3) is 0.138. The first-order valence-electron chi connectivity index (χ1n) is 11.2. The van der Waals surface area contributed by atoms with Gasteiger partial charge in [-0.2, -0.15) is 0 Å². The van der Waals surface area contributed by atoms with Crippen LogP contribution in [0.3, 0.4) is 0 Å². The van der Waals surface area contributed by atoms with Crippen LogP contribution < -0.4 is 9.47 Å². The summed E-state index contributed by atoms with van der Waals surface area (Å²) in [6.45, 7) is 5.46. The average molecular weight is 435 g/mol. The van der Waals surface area contributed by atoms with E-state index in [2.05, 4.69) is 47.5 Å². The van der Waals surface area contributed by atoms with Gasteiger partial charge in [-0.05, 0) is 53.1 Å². The SMILES string of the molecule is C=CCc1ccccc1OCc1nc2ccccc2n1CCOc1ccc2ccccc2c1. The summed E-state index contributed by atoms with van der Waals surface area (Å²) in [5.74, 6) is 2.62. The van der Waals surface area contributed by atoms with Crippen molar-refractivity contribution in [1.82, 2.24) is 9.55 Å². The molecule has 0 atom stereocenters. The second-order valence-corrected chi connectivity index (χ2v) is 7.91. The third-order valence-corrected chi connectivity index (χ3v) is 5.73. The molecule has 0 fully saturated rings. The fourth-order valence-electron chi connectivity index (χ4n) is 4.11. The number of rotatable bonds is 9. The summed E-state index contributed by atoms with van der Waals surface area (Å²) in [5, 5.41) is 2.39. The van der Waals surface area contributed by atoms with Crippen molar-refractivity contribution in [2.45, 2.75) is 19.6 Å². The maximum absolute atomic E-state index is 6.19. The highest BCUT2D eigenvalue weighted by Gasteiger charge is 2.12. The van der Waals surface area contributed by atoms with E-state index >= 15 is 0 Å². The van der Waals surface area contributed by atoms with Crippen LogP contribution in [0.25, 0.3) is 21.8 Å². The minimum atomic E-state index is 0.388. The minimum absolute atomic E-state index is 0.388. The molecule has 1 heterocycles. The summed E-state index contributed by atoms with van der Waals surface area (Å²) in [5.41, 5.74) is 3.16. The molecule has 0 unspecified atom stereocenters. The molecule has 4 aromatic carbocycles. The van der Waals surface area contributed by atoms with Crippen LogP contribution in [0, 0.1) is 0 Å². The predicted molar refractivity (Wildman–Crippen MR) is 134 cm³/mol. The molecule has 0 radical (unpaired) electrons. The van der Waals surface area contributed by atoms with Gasteiger partial charge in [0.05, 0.1) is 17.6 Å². The van der Waals surface area contributed by atoms with E-state index in [1.54, 1.807) is 0 Å². The molecule has 0 aliphatic rings. The number of hydrogen-bond donors (Lipinski definition) is 0. The number of hydrogen-bond acceptors (Lipinski definition) is 3. The molecule has 4 heteroatoms. The molecule has 0 N–H and O–H groups in total. The van der Waals surface area contributed by atoms with Crippen LogP contribution in [0.2, 0.25) is 0 Å². The smallest absolute Gasteiger partial charge is 0.148 e. The van der Waals surface area contributed by atoms with Crippen molar-refractivity contribution >= 4 is 21.8 Å². The number of para-hydroxylation sites is 3. The Morgan fingerprint density at radius 1 is 0.818 bits per heavy atom. The van der Waals surface area contributed by atoms with E-state index in [1.165, 1.54) is 10.8 Å². The number of benzene rings is 4. The topological polar surface area (TPSA) is 36.3 Å². The monoisotopic (exact) mass is 434 g/mol. The van der Waals surface area contributed by atoms with E-state index < -0.39 is 0 Å². The minimum Gasteiger partial charge on any atom is -0.492 e. The highest BCUT2D eigenvalue weighted by Crippen LogP contribution is 2.23. The molecule has 0 spiro atoms. The average Bonchev–Trinajstić information content (AvgIpc) is 3.21. The molecule has 33 heavy (non-hydrogen) atoms. The summed E-state index contributed by atoms with van der Waals surface area (Å²) in [7, 11) is 0. The molecule has 0 aliphatic heterocycles. The van der Waals surface area contributed by atoms with E-state index in [0.717, 1.165) is 40.3 Å². The Labute approximate surface area is 193 Å². The zero-order valence-electron chi connectivity index (χ0n) is 18.5. The van der Waals surface area contributed by atoms with Gasteiger partial charge in [-0.15, -0.1) is 6.58 Å². The lowest BCUT2D eigenvalue weighted by molar-refractivity contribution is 0.271. The molecule has 0 amide bonds. The van der Waals surface area contributed by atoms with Gasteiger partial charge in [0, 0.05) is 0 Å². The number of imidazole rings is 1. The molecule has 5 aromatic rings. The quantitative estimate of drug-likeness (QED) is 0.246. The molecule has 5 rings (SSSR count). The van der Waals surface area contributed by atoms with Gasteiger partial charge in [-0.3, -0.25) is 0 Å². The molecule has 0 bridgehead atoms. The Balaban J connectivity index is 1.33. The third kappa shape index (κ3) is 4.60. The summed E-state index contributed by atoms with van der Waals surface area (Å²) in [6.07, 6.45) is 2.66. The maximum Gasteiger partial charge on any atom is 0.148 e. The van der Waals surface area contributed by atoms with Crippen molar-refractivity contribution in [3.05, 3.63) is 115 Å². The summed E-state index contributed by atoms with van der Waals surface area (Å²) < 4.78 is 14.5. The van der Waals surface area contributed by atoms with Crippen molar-refractivity contribution < 1.29 is 9.47 Å². The fourth-order valence-corrected chi connectivity index (χ4v) is 4.11. The van der Waals surface area contributed by atoms with Crippen LogP contribution in [-0.2, 0) is 19.6 Å². The molecular weight excluding hydrogens is 408 g/mol. The Morgan fingerprint density at radius 3 is 2.52 bits per heavy atom. The predicted octanol–water partition coefficient (Wildman–Crippen LogP) is 6.58. The first-order valence-corrected chi connectivity index (χ1v) is 11.2. The Hall–Kier alpha value is -4.05. The number of aromatic nitrogens is 2. The van der Waals surface area contributed by atoms with Crippen LogP contribution in [0.5, 0.6) is 11.5 Å². The van der Waals surface area contributed by atoms with Crippen molar-refractivity contribution in [3.8, 4) is 11.5 Å². The number of allylic oxidation sites excluding steroid dienone is 1. The van der Waals surface area contributed by atoms with E-state index in [-0.39, 0.29) is 0 Å². The first-order chi connectivity index (χ1) is 16.3. The lowest BCUT2D eigenvalue weighted by atomic mass is 10.1. The molecule has 0 saturated heterocycles. The van der Waals surface area contributed by atoms with Crippen molar-refractivity contribution in [2.24, 2.45) is 0 Å². The lowest BCUT2D eigenvalue weighted by Gasteiger charge is -2.13. The van der Waals surface area contributed by atoms with Gasteiger partial charge in [0.25, 0.3) is 0 Å². The first kappa shape index (κ1) is 20.8. The van der Waals surface area contributed by atoms with Crippen molar-refractivity contribution in [3.63, 3.8) is 0 Å². The highest BCUT2D eigenvalue weighted by molar-refractivity contribution is 5.83. The van der Waals surface area contributed by atoms with Crippen LogP contribution >= 0.6 is 0 Å². The van der Waals surface area contributed by atoms with Gasteiger partial charge in [0.2, 0.25) is 0 Å². The van der Waals surface area contributed by atoms with E-state index in [0.29, 0.717) is 19.8 Å². The Bertz CT molecular complexity index is 1400. The van der Waals surface area contributed by atoms with Crippen molar-refractivity contribution in [1.29, 1.82) is 0 Å². The van der Waals surface area contributed by atoms with Crippen LogP contribution in [0.4, 0.5) is 0 Å². The zero-order chi connectivity index (χ0) is 22.5. The van der Waals surface area contributed by atoms with Gasteiger partial charge in [-0.25, -0.2) is 4.98 Å². The summed E-state index contributed by atoms with van der Waals surface area (Å²) in [6, 6.07) is 30.7. The lowest BCUT2D eigenvalue weighted by Crippen LogP contribution is -2.13. The molecule has 1 aromatic heterocycles. The highest BCUT2D eigenvalue weighted by atomic mass is 16.5. The maximum atomic E-state index is 6.19. The van der Waals surface area contributed by atoms with Crippen LogP contribution in [0.15, 0.2) is 104 Å². The zero-order valence-corrected chi connectivity index (χ0v) is 18.5. The molecule has 0 saturated carbocycles. The van der Waals surface area contributed by atoms with Crippen LogP contribution in [0.1, 0.15) is 11.4 Å². The van der Waals surface area contributed by atoms with Crippen LogP contribution in [-0.4, -0.2) is 16.2 Å². The number of ether oxygens (including phenoxy) is 2. The number of fused-ring (bicyclic) bond motifs is 2.